The van der Waals surface area contributed by atoms with Crippen molar-refractivity contribution in [2.45, 2.75) is 17.6 Å². The van der Waals surface area contributed by atoms with Gasteiger partial charge in [-0.15, -0.1) is 11.3 Å². The molecule has 3 aromatic carbocycles. The van der Waals surface area contributed by atoms with Crippen LogP contribution >= 0.6 is 11.3 Å². The molecule has 1 amide bonds. The van der Waals surface area contributed by atoms with Crippen LogP contribution in [0.4, 0.5) is 24.1 Å². The molecule has 0 aliphatic heterocycles. The van der Waals surface area contributed by atoms with Gasteiger partial charge in [0.05, 0.1) is 28.6 Å². The van der Waals surface area contributed by atoms with Gasteiger partial charge >= 0.3 is 6.18 Å². The van der Waals surface area contributed by atoms with Gasteiger partial charge < -0.3 is 0 Å². The molecule has 1 N–H and O–H groups in total. The highest BCUT2D eigenvalue weighted by Gasteiger charge is 2.34. The van der Waals surface area contributed by atoms with Gasteiger partial charge in [0.2, 0.25) is 0 Å². The number of thiazole rings is 1. The minimum atomic E-state index is -4.73. The van der Waals surface area contributed by atoms with E-state index in [0.717, 1.165) is 33.8 Å². The van der Waals surface area contributed by atoms with Crippen LogP contribution in [0.2, 0.25) is 0 Å². The zero-order chi connectivity index (χ0) is 26.6. The molecule has 1 heterocycles. The fourth-order valence-corrected chi connectivity index (χ4v) is 5.54. The van der Waals surface area contributed by atoms with E-state index >= 15 is 0 Å². The lowest BCUT2D eigenvalue weighted by molar-refractivity contribution is -0.137. The molecule has 0 radical (unpaired) electrons. The summed E-state index contributed by atoms with van der Waals surface area (Å²) in [5.74, 6) is -0.638. The first kappa shape index (κ1) is 25.9. The maximum Gasteiger partial charge on any atom is 0.416 e. The smallest absolute Gasteiger partial charge is 0.298 e. The molecule has 0 aliphatic rings. The van der Waals surface area contributed by atoms with Crippen molar-refractivity contribution in [1.29, 1.82) is 5.26 Å². The lowest BCUT2D eigenvalue weighted by Crippen LogP contribution is -2.31. The van der Waals surface area contributed by atoms with Gasteiger partial charge in [-0.1, -0.05) is 42.5 Å². The number of hydrogen-bond donors (Lipinski definition) is 1. The number of nitrogens with zero attached hydrogens (tertiary/aromatic N) is 3. The Morgan fingerprint density at radius 3 is 2.46 bits per heavy atom. The number of carbonyl (C=O) groups is 1. The molecule has 188 valence electrons. The van der Waals surface area contributed by atoms with Crippen molar-refractivity contribution >= 4 is 38.2 Å². The Bertz CT molecular complexity index is 1580. The van der Waals surface area contributed by atoms with Crippen LogP contribution in [0.3, 0.4) is 0 Å². The highest BCUT2D eigenvalue weighted by molar-refractivity contribution is 7.92. The highest BCUT2D eigenvalue weighted by atomic mass is 32.2. The molecule has 37 heavy (non-hydrogen) atoms. The number of nitriles is 1. The average molecular weight is 543 g/mol. The molecular formula is C25H17F3N4O3S2. The van der Waals surface area contributed by atoms with Crippen LogP contribution < -0.4 is 9.62 Å². The van der Waals surface area contributed by atoms with E-state index in [1.165, 1.54) is 17.5 Å². The number of alkyl halides is 3. The van der Waals surface area contributed by atoms with Gasteiger partial charge in [0.15, 0.2) is 10.9 Å². The van der Waals surface area contributed by atoms with Crippen molar-refractivity contribution < 1.29 is 26.4 Å². The third-order valence-electron chi connectivity index (χ3n) is 5.14. The summed E-state index contributed by atoms with van der Waals surface area (Å²) in [4.78, 5) is 16.3. The number of nitrogens with one attached hydrogen (secondary N) is 1. The number of halogens is 3. The molecule has 0 spiro atoms. The summed E-state index contributed by atoms with van der Waals surface area (Å²) < 4.78 is 67.8. The summed E-state index contributed by atoms with van der Waals surface area (Å²) >= 11 is 0.946. The van der Waals surface area contributed by atoms with Crippen molar-refractivity contribution in [2.75, 3.05) is 9.62 Å². The predicted octanol–water partition coefficient (Wildman–Crippen LogP) is 5.68. The minimum Gasteiger partial charge on any atom is -0.298 e. The molecule has 0 atom stereocenters. The van der Waals surface area contributed by atoms with E-state index in [9.17, 15) is 26.4 Å². The minimum absolute atomic E-state index is 0.0691. The summed E-state index contributed by atoms with van der Waals surface area (Å²) in [7, 11) is -4.48. The van der Waals surface area contributed by atoms with Gasteiger partial charge in [-0.2, -0.15) is 18.4 Å². The van der Waals surface area contributed by atoms with E-state index in [2.05, 4.69) is 10.3 Å². The molecule has 0 fully saturated rings. The molecule has 1 aromatic heterocycles. The Hall–Kier alpha value is -4.21. The monoisotopic (exact) mass is 542 g/mol. The second kappa shape index (κ2) is 10.4. The Balaban J connectivity index is 1.69. The average Bonchev–Trinajstić information content (AvgIpc) is 3.35. The van der Waals surface area contributed by atoms with E-state index in [1.54, 1.807) is 42.5 Å². The fraction of sp³-hybridized carbons (Fsp3) is 0.0800. The summed E-state index contributed by atoms with van der Waals surface area (Å²) in [6.45, 7) is -0.208. The number of sulfonamides is 1. The molecule has 4 aromatic rings. The third-order valence-corrected chi connectivity index (χ3v) is 7.63. The predicted molar refractivity (Wildman–Crippen MR) is 132 cm³/mol. The molecule has 4 rings (SSSR count). The van der Waals surface area contributed by atoms with E-state index in [4.69, 9.17) is 5.26 Å². The van der Waals surface area contributed by atoms with E-state index in [-0.39, 0.29) is 28.6 Å². The number of anilines is 2. The number of hydrogen-bond acceptors (Lipinski definition) is 6. The van der Waals surface area contributed by atoms with Crippen LogP contribution in [0.25, 0.3) is 0 Å². The molecular weight excluding hydrogens is 525 g/mol. The largest absolute Gasteiger partial charge is 0.416 e. The van der Waals surface area contributed by atoms with E-state index in [1.807, 2.05) is 6.07 Å². The molecule has 0 bridgehead atoms. The lowest BCUT2D eigenvalue weighted by atomic mass is 10.1. The van der Waals surface area contributed by atoms with Crippen molar-refractivity contribution in [3.8, 4) is 6.07 Å². The number of amides is 1. The van der Waals surface area contributed by atoms with Gasteiger partial charge in [0, 0.05) is 10.9 Å². The maximum atomic E-state index is 13.5. The van der Waals surface area contributed by atoms with Crippen LogP contribution in [-0.2, 0) is 22.7 Å². The SMILES string of the molecule is N#Cc1cccc(C(=O)Nc2nc(N(Cc3ccccc3)S(=O)(=O)c3cccc(C(F)(F)F)c3)cs2)c1. The molecule has 0 saturated heterocycles. The van der Waals surface area contributed by atoms with Crippen molar-refractivity contribution in [1.82, 2.24) is 4.98 Å². The molecule has 0 aliphatic carbocycles. The van der Waals surface area contributed by atoms with Gasteiger partial charge in [-0.3, -0.25) is 10.1 Å². The number of benzene rings is 3. The van der Waals surface area contributed by atoms with Crippen LogP contribution in [0.5, 0.6) is 0 Å². The van der Waals surface area contributed by atoms with Gasteiger partial charge in [-0.05, 0) is 42.0 Å². The summed E-state index contributed by atoms with van der Waals surface area (Å²) in [5.41, 5.74) is -0.0359. The molecule has 0 unspecified atom stereocenters. The maximum absolute atomic E-state index is 13.5. The number of rotatable bonds is 7. The zero-order valence-corrected chi connectivity index (χ0v) is 20.4. The topological polar surface area (TPSA) is 103 Å². The van der Waals surface area contributed by atoms with Crippen LogP contribution in [0, 0.1) is 11.3 Å². The molecule has 0 saturated carbocycles. The standard InChI is InChI=1S/C25H17F3N4O3S2/c26-25(27,28)20-10-5-11-21(13-20)37(34,35)32(15-17-6-2-1-3-7-17)22-16-36-24(30-22)31-23(33)19-9-4-8-18(12-19)14-29/h1-13,16H,15H2,(H,30,31,33). The quantitative estimate of drug-likeness (QED) is 0.324. The number of carbonyl (C=O) groups excluding carboxylic acids is 1. The van der Waals surface area contributed by atoms with Gasteiger partial charge in [0.1, 0.15) is 0 Å². The third kappa shape index (κ3) is 5.96. The normalized spacial score (nSPS) is 11.5. The number of aromatic nitrogens is 1. The van der Waals surface area contributed by atoms with Crippen molar-refractivity contribution in [2.24, 2.45) is 0 Å². The van der Waals surface area contributed by atoms with Crippen LogP contribution in [0.1, 0.15) is 27.0 Å². The fourth-order valence-electron chi connectivity index (χ4n) is 3.33. The van der Waals surface area contributed by atoms with Crippen LogP contribution in [0.15, 0.2) is 89.1 Å². The Morgan fingerprint density at radius 1 is 1.03 bits per heavy atom. The second-order valence-corrected chi connectivity index (χ2v) is 10.4. The highest BCUT2D eigenvalue weighted by Crippen LogP contribution is 2.33. The lowest BCUT2D eigenvalue weighted by Gasteiger charge is -2.23. The van der Waals surface area contributed by atoms with Gasteiger partial charge in [0.25, 0.3) is 15.9 Å². The first-order chi connectivity index (χ1) is 17.6. The first-order valence-electron chi connectivity index (χ1n) is 10.6. The van der Waals surface area contributed by atoms with Crippen molar-refractivity contribution in [3.63, 3.8) is 0 Å². The zero-order valence-electron chi connectivity index (χ0n) is 18.8. The van der Waals surface area contributed by atoms with Crippen LogP contribution in [-0.4, -0.2) is 19.3 Å². The van der Waals surface area contributed by atoms with Gasteiger partial charge in [-0.25, -0.2) is 17.7 Å². The molecule has 7 nitrogen and oxygen atoms in total. The van der Waals surface area contributed by atoms with E-state index in [0.29, 0.717) is 11.6 Å². The van der Waals surface area contributed by atoms with Crippen molar-refractivity contribution in [3.05, 3.63) is 106 Å². The first-order valence-corrected chi connectivity index (χ1v) is 12.9. The summed E-state index contributed by atoms with van der Waals surface area (Å²) in [6.07, 6.45) is -4.73. The molecule has 12 heteroatoms. The Morgan fingerprint density at radius 2 is 1.76 bits per heavy atom. The second-order valence-electron chi connectivity index (χ2n) is 7.68. The Kier molecular flexibility index (Phi) is 7.28. The summed E-state index contributed by atoms with van der Waals surface area (Å²) in [5, 5.41) is 13.0. The Labute approximate surface area is 214 Å². The summed E-state index contributed by atoms with van der Waals surface area (Å²) in [6, 6.07) is 19.9. The van der Waals surface area contributed by atoms with E-state index < -0.39 is 32.6 Å².